The third-order valence-corrected chi connectivity index (χ3v) is 4.31. The van der Waals surface area contributed by atoms with Gasteiger partial charge in [-0.05, 0) is 0 Å². The molecule has 1 saturated heterocycles. The molecule has 0 radical (unpaired) electrons. The van der Waals surface area contributed by atoms with E-state index >= 15 is 0 Å². The number of esters is 3. The summed E-state index contributed by atoms with van der Waals surface area (Å²) < 4.78 is 21.7. The van der Waals surface area contributed by atoms with Gasteiger partial charge in [0.2, 0.25) is 5.91 Å². The standard InChI is InChI=1S/C18H21N5O8/c1-7(24)21-18-14-12(19-6-20-18)13(22-23-14)16-17(30-10(4)27)15(29-9(3)26)11(31-16)5-28-8(2)25/h6,11,15-17H,5H2,1-4H3,(H,22,23)(H,19,20,21,24)/t11-,15+,16-,17-/m0/s1. The van der Waals surface area contributed by atoms with Crippen LogP contribution in [0.3, 0.4) is 0 Å². The molecule has 0 saturated carbocycles. The Morgan fingerprint density at radius 1 is 1.00 bits per heavy atom. The Morgan fingerprint density at radius 2 is 1.68 bits per heavy atom. The Labute approximate surface area is 175 Å². The molecule has 1 fully saturated rings. The van der Waals surface area contributed by atoms with Crippen LogP contribution in [0.4, 0.5) is 5.82 Å². The molecular weight excluding hydrogens is 414 g/mol. The minimum absolute atomic E-state index is 0.176. The van der Waals surface area contributed by atoms with Gasteiger partial charge in [-0.1, -0.05) is 0 Å². The van der Waals surface area contributed by atoms with Gasteiger partial charge >= 0.3 is 17.9 Å². The van der Waals surface area contributed by atoms with Gasteiger partial charge in [0, 0.05) is 27.7 Å². The molecule has 0 bridgehead atoms. The maximum atomic E-state index is 11.8. The zero-order valence-corrected chi connectivity index (χ0v) is 17.2. The highest BCUT2D eigenvalue weighted by atomic mass is 16.6. The van der Waals surface area contributed by atoms with Crippen molar-refractivity contribution in [1.29, 1.82) is 0 Å². The summed E-state index contributed by atoms with van der Waals surface area (Å²) in [5, 5.41) is 9.45. The molecule has 13 nitrogen and oxygen atoms in total. The summed E-state index contributed by atoms with van der Waals surface area (Å²) in [6.07, 6.45) is -2.82. The highest BCUT2D eigenvalue weighted by Crippen LogP contribution is 2.39. The first kappa shape index (κ1) is 22.1. The lowest BCUT2D eigenvalue weighted by Gasteiger charge is -2.23. The topological polar surface area (TPSA) is 172 Å². The SMILES string of the molecule is CC(=O)Nc1ncnc2c([C@@H]3O[C@@H](COC(C)=O)[C@@H](OC(C)=O)[C@@H]3OC(C)=O)[nH]nc12. The Morgan fingerprint density at radius 3 is 2.29 bits per heavy atom. The molecule has 4 atom stereocenters. The monoisotopic (exact) mass is 435 g/mol. The smallest absolute Gasteiger partial charge is 0.303 e. The van der Waals surface area contributed by atoms with E-state index in [1.807, 2.05) is 0 Å². The molecule has 0 spiro atoms. The lowest BCUT2D eigenvalue weighted by molar-refractivity contribution is -0.165. The first-order valence-corrected chi connectivity index (χ1v) is 9.27. The van der Waals surface area contributed by atoms with E-state index in [0.717, 1.165) is 0 Å². The minimum atomic E-state index is -1.08. The number of carbonyl (C=O) groups is 4. The van der Waals surface area contributed by atoms with Crippen LogP contribution in [0.1, 0.15) is 39.5 Å². The van der Waals surface area contributed by atoms with Gasteiger partial charge in [-0.25, -0.2) is 9.97 Å². The largest absolute Gasteiger partial charge is 0.463 e. The first-order valence-electron chi connectivity index (χ1n) is 9.27. The zero-order chi connectivity index (χ0) is 22.7. The molecular formula is C18H21N5O8. The molecule has 3 heterocycles. The van der Waals surface area contributed by atoms with Crippen LogP contribution in [0.15, 0.2) is 6.33 Å². The summed E-state index contributed by atoms with van der Waals surface area (Å²) in [6.45, 7) is 4.70. The molecule has 2 N–H and O–H groups in total. The predicted molar refractivity (Wildman–Crippen MR) is 101 cm³/mol. The van der Waals surface area contributed by atoms with Gasteiger partial charge in [0.1, 0.15) is 30.7 Å². The zero-order valence-electron chi connectivity index (χ0n) is 17.2. The Balaban J connectivity index is 2.02. The summed E-state index contributed by atoms with van der Waals surface area (Å²) >= 11 is 0. The van der Waals surface area contributed by atoms with E-state index in [-0.39, 0.29) is 23.8 Å². The molecule has 166 valence electrons. The minimum Gasteiger partial charge on any atom is -0.463 e. The van der Waals surface area contributed by atoms with Gasteiger partial charge in [0.05, 0.1) is 5.69 Å². The number of rotatable bonds is 6. The number of H-pyrrole nitrogens is 1. The number of anilines is 1. The third kappa shape index (κ3) is 4.94. The van der Waals surface area contributed by atoms with E-state index in [4.69, 9.17) is 18.9 Å². The fraction of sp³-hybridized carbons (Fsp3) is 0.500. The molecule has 1 amide bonds. The summed E-state index contributed by atoms with van der Waals surface area (Å²) in [4.78, 5) is 54.3. The number of ether oxygens (including phenoxy) is 4. The number of nitrogens with one attached hydrogen (secondary N) is 2. The second-order valence-electron chi connectivity index (χ2n) is 6.78. The number of aromatic nitrogens is 4. The van der Waals surface area contributed by atoms with E-state index < -0.39 is 42.3 Å². The highest BCUT2D eigenvalue weighted by molar-refractivity contribution is 5.96. The van der Waals surface area contributed by atoms with Crippen LogP contribution >= 0.6 is 0 Å². The number of hydrogen-bond donors (Lipinski definition) is 2. The molecule has 0 aromatic carbocycles. The summed E-state index contributed by atoms with van der Waals surface area (Å²) in [6, 6.07) is 0. The van der Waals surface area contributed by atoms with Crippen molar-refractivity contribution in [1.82, 2.24) is 20.2 Å². The lowest BCUT2D eigenvalue weighted by atomic mass is 10.0. The van der Waals surface area contributed by atoms with Crippen LogP contribution < -0.4 is 5.32 Å². The molecule has 2 aromatic heterocycles. The molecule has 1 aliphatic heterocycles. The summed E-state index contributed by atoms with van der Waals surface area (Å²) in [5.74, 6) is -2.01. The van der Waals surface area contributed by atoms with Crippen molar-refractivity contribution < 1.29 is 38.1 Å². The van der Waals surface area contributed by atoms with Crippen LogP contribution in [0.25, 0.3) is 11.0 Å². The fourth-order valence-electron chi connectivity index (χ4n) is 3.26. The van der Waals surface area contributed by atoms with E-state index in [1.54, 1.807) is 0 Å². The summed E-state index contributed by atoms with van der Waals surface area (Å²) in [7, 11) is 0. The molecule has 3 rings (SSSR count). The second-order valence-corrected chi connectivity index (χ2v) is 6.78. The van der Waals surface area contributed by atoms with Crippen LogP contribution in [-0.2, 0) is 38.1 Å². The van der Waals surface area contributed by atoms with Crippen molar-refractivity contribution in [2.75, 3.05) is 11.9 Å². The molecule has 31 heavy (non-hydrogen) atoms. The molecule has 2 aromatic rings. The molecule has 0 aliphatic carbocycles. The molecule has 13 heteroatoms. The van der Waals surface area contributed by atoms with Gasteiger partial charge in [-0.15, -0.1) is 0 Å². The van der Waals surface area contributed by atoms with E-state index in [1.165, 1.54) is 34.0 Å². The van der Waals surface area contributed by atoms with Crippen molar-refractivity contribution in [2.24, 2.45) is 0 Å². The number of amides is 1. The van der Waals surface area contributed by atoms with Crippen LogP contribution in [-0.4, -0.2) is 68.9 Å². The number of hydrogen-bond acceptors (Lipinski definition) is 11. The van der Waals surface area contributed by atoms with Gasteiger partial charge in [-0.3, -0.25) is 24.3 Å². The predicted octanol–water partition coefficient (Wildman–Crippen LogP) is 0.178. The second kappa shape index (κ2) is 9.04. The van der Waals surface area contributed by atoms with E-state index in [9.17, 15) is 19.2 Å². The van der Waals surface area contributed by atoms with E-state index in [0.29, 0.717) is 11.2 Å². The fourth-order valence-corrected chi connectivity index (χ4v) is 3.26. The Bertz CT molecular complexity index is 1020. The third-order valence-electron chi connectivity index (χ3n) is 4.31. The van der Waals surface area contributed by atoms with Gasteiger partial charge in [0.15, 0.2) is 23.5 Å². The maximum absolute atomic E-state index is 11.8. The number of aromatic amines is 1. The van der Waals surface area contributed by atoms with Crippen LogP contribution in [0.2, 0.25) is 0 Å². The lowest BCUT2D eigenvalue weighted by Crippen LogP contribution is -2.40. The number of carbonyl (C=O) groups excluding carboxylic acids is 4. The van der Waals surface area contributed by atoms with Crippen molar-refractivity contribution in [3.8, 4) is 0 Å². The van der Waals surface area contributed by atoms with Gasteiger partial charge in [0.25, 0.3) is 0 Å². The first-order chi connectivity index (χ1) is 14.7. The maximum Gasteiger partial charge on any atom is 0.303 e. The highest BCUT2D eigenvalue weighted by Gasteiger charge is 2.51. The van der Waals surface area contributed by atoms with Crippen molar-refractivity contribution >= 4 is 40.7 Å². The quantitative estimate of drug-likeness (QED) is 0.468. The van der Waals surface area contributed by atoms with Crippen LogP contribution in [0, 0.1) is 0 Å². The normalized spacial score (nSPS) is 22.7. The molecule has 0 unspecified atom stereocenters. The summed E-state index contributed by atoms with van der Waals surface area (Å²) in [5.41, 5.74) is 0.860. The molecule has 1 aliphatic rings. The van der Waals surface area contributed by atoms with E-state index in [2.05, 4.69) is 25.5 Å². The Kier molecular flexibility index (Phi) is 6.44. The van der Waals surface area contributed by atoms with Gasteiger partial charge < -0.3 is 24.3 Å². The average molecular weight is 435 g/mol. The van der Waals surface area contributed by atoms with Crippen molar-refractivity contribution in [3.05, 3.63) is 12.0 Å². The number of fused-ring (bicyclic) bond motifs is 1. The van der Waals surface area contributed by atoms with Crippen LogP contribution in [0.5, 0.6) is 0 Å². The number of nitrogens with zero attached hydrogens (tertiary/aromatic N) is 3. The average Bonchev–Trinajstić information content (AvgIpc) is 3.22. The van der Waals surface area contributed by atoms with Crippen molar-refractivity contribution in [2.45, 2.75) is 52.1 Å². The van der Waals surface area contributed by atoms with Crippen molar-refractivity contribution in [3.63, 3.8) is 0 Å². The Hall–Kier alpha value is -3.61. The van der Waals surface area contributed by atoms with Gasteiger partial charge in [-0.2, -0.15) is 5.10 Å².